The summed E-state index contributed by atoms with van der Waals surface area (Å²) in [6.45, 7) is 4.55. The molecule has 0 radical (unpaired) electrons. The molecule has 0 fully saturated rings. The van der Waals surface area contributed by atoms with Gasteiger partial charge in [0.25, 0.3) is 0 Å². The average Bonchev–Trinajstić information content (AvgIpc) is 2.99. The molecular weight excluding hydrogens is 331 g/mol. The molecule has 4 rings (SSSR count). The van der Waals surface area contributed by atoms with Crippen LogP contribution in [-0.4, -0.2) is 0 Å². The summed E-state index contributed by atoms with van der Waals surface area (Å²) in [4.78, 5) is 0. The van der Waals surface area contributed by atoms with Crippen LogP contribution in [-0.2, 0) is 23.2 Å². The number of hydrogen-bond donors (Lipinski definition) is 0. The maximum atomic E-state index is 2.48. The molecular formula is C20H18Zr. The fourth-order valence-electron chi connectivity index (χ4n) is 3.45. The monoisotopic (exact) mass is 348 g/mol. The Morgan fingerprint density at radius 2 is 1.43 bits per heavy atom. The van der Waals surface area contributed by atoms with E-state index in [4.69, 9.17) is 0 Å². The van der Waals surface area contributed by atoms with Crippen LogP contribution in [0, 0.1) is 0 Å². The first-order valence-corrected chi connectivity index (χ1v) is 10.2. The molecule has 0 amide bonds. The van der Waals surface area contributed by atoms with Gasteiger partial charge in [-0.1, -0.05) is 0 Å². The summed E-state index contributed by atoms with van der Waals surface area (Å²) in [6, 6.07) is 18.1. The Hall–Kier alpha value is -1.20. The predicted molar refractivity (Wildman–Crippen MR) is 84.8 cm³/mol. The van der Waals surface area contributed by atoms with Crippen molar-refractivity contribution in [2.45, 2.75) is 23.9 Å². The van der Waals surface area contributed by atoms with Crippen LogP contribution < -0.4 is 0 Å². The first-order chi connectivity index (χ1) is 10.2. The van der Waals surface area contributed by atoms with Gasteiger partial charge >= 0.3 is 138 Å². The zero-order chi connectivity index (χ0) is 14.4. The van der Waals surface area contributed by atoms with Crippen LogP contribution >= 0.6 is 0 Å². The average molecular weight is 350 g/mol. The Kier molecular flexibility index (Phi) is 3.34. The molecule has 0 unspecified atom stereocenters. The second-order valence-electron chi connectivity index (χ2n) is 6.06. The Morgan fingerprint density at radius 1 is 0.857 bits per heavy atom. The molecule has 1 heteroatoms. The minimum atomic E-state index is -0.623. The molecule has 2 aromatic carbocycles. The van der Waals surface area contributed by atoms with Crippen LogP contribution in [0.2, 0.25) is 0 Å². The van der Waals surface area contributed by atoms with Crippen LogP contribution in [0.5, 0.6) is 0 Å². The van der Waals surface area contributed by atoms with Gasteiger partial charge in [0.05, 0.1) is 0 Å². The summed E-state index contributed by atoms with van der Waals surface area (Å²) in [7, 11) is 0. The van der Waals surface area contributed by atoms with Gasteiger partial charge in [-0.3, -0.25) is 0 Å². The van der Waals surface area contributed by atoms with E-state index in [1.807, 2.05) is 0 Å². The molecule has 0 aliphatic heterocycles. The van der Waals surface area contributed by atoms with Crippen molar-refractivity contribution in [3.05, 3.63) is 80.2 Å². The topological polar surface area (TPSA) is 0 Å². The zero-order valence-electron chi connectivity index (χ0n) is 12.5. The van der Waals surface area contributed by atoms with Gasteiger partial charge in [0, 0.05) is 0 Å². The molecule has 0 heterocycles. The number of rotatable bonds is 2. The van der Waals surface area contributed by atoms with Crippen LogP contribution in [0.15, 0.2) is 69.0 Å². The van der Waals surface area contributed by atoms with Crippen molar-refractivity contribution in [1.29, 1.82) is 0 Å². The molecule has 2 aliphatic rings. The van der Waals surface area contributed by atoms with Gasteiger partial charge in [-0.2, -0.15) is 0 Å². The molecule has 0 spiro atoms. The van der Waals surface area contributed by atoms with Gasteiger partial charge in [0.1, 0.15) is 0 Å². The summed E-state index contributed by atoms with van der Waals surface area (Å²) in [5.41, 5.74) is 9.18. The van der Waals surface area contributed by atoms with Crippen molar-refractivity contribution in [3.8, 4) is 11.1 Å². The van der Waals surface area contributed by atoms with Gasteiger partial charge in [-0.05, 0) is 0 Å². The number of benzene rings is 2. The summed E-state index contributed by atoms with van der Waals surface area (Å²) in [5.74, 6) is 0. The van der Waals surface area contributed by atoms with E-state index in [1.54, 1.807) is 20.0 Å². The van der Waals surface area contributed by atoms with Crippen molar-refractivity contribution in [1.82, 2.24) is 0 Å². The Bertz CT molecular complexity index is 734. The van der Waals surface area contributed by atoms with Crippen molar-refractivity contribution >= 4 is 0 Å². The van der Waals surface area contributed by atoms with E-state index >= 15 is 0 Å². The van der Waals surface area contributed by atoms with Crippen molar-refractivity contribution < 1.29 is 23.2 Å². The zero-order valence-corrected chi connectivity index (χ0v) is 14.9. The van der Waals surface area contributed by atoms with Crippen molar-refractivity contribution in [3.63, 3.8) is 0 Å². The van der Waals surface area contributed by atoms with E-state index in [9.17, 15) is 0 Å². The van der Waals surface area contributed by atoms with Crippen molar-refractivity contribution in [2.24, 2.45) is 0 Å². The van der Waals surface area contributed by atoms with Crippen LogP contribution in [0.4, 0.5) is 0 Å². The van der Waals surface area contributed by atoms with E-state index < -0.39 is 23.2 Å². The van der Waals surface area contributed by atoms with E-state index in [1.165, 1.54) is 23.1 Å². The first-order valence-electron chi connectivity index (χ1n) is 7.56. The third-order valence-electron chi connectivity index (χ3n) is 4.68. The summed E-state index contributed by atoms with van der Waals surface area (Å²) in [6.07, 6.45) is 3.71. The Balaban J connectivity index is 1.75. The second-order valence-corrected chi connectivity index (χ2v) is 9.77. The van der Waals surface area contributed by atoms with E-state index in [0.717, 1.165) is 0 Å². The SMILES string of the molecule is CC1=C(C)C[C]([Zr][CH]2c3ccccc3-c3ccccc32)=C1. The molecule has 0 saturated heterocycles. The number of allylic oxidation sites excluding steroid dienone is 4. The number of hydrogen-bond acceptors (Lipinski definition) is 0. The molecule has 0 bridgehead atoms. The summed E-state index contributed by atoms with van der Waals surface area (Å²) < 4.78 is 2.45. The van der Waals surface area contributed by atoms with Gasteiger partial charge in [0.15, 0.2) is 0 Å². The van der Waals surface area contributed by atoms with E-state index in [-0.39, 0.29) is 0 Å². The van der Waals surface area contributed by atoms with Crippen LogP contribution in [0.3, 0.4) is 0 Å². The van der Waals surface area contributed by atoms with Crippen molar-refractivity contribution in [2.75, 3.05) is 0 Å². The first kappa shape index (κ1) is 13.5. The van der Waals surface area contributed by atoms with Crippen LogP contribution in [0.1, 0.15) is 35.0 Å². The second kappa shape index (κ2) is 5.22. The molecule has 102 valence electrons. The standard InChI is InChI=1S/C13H9.C7H9.Zr/c1-3-7-12-10(5-1)9-11-6-2-4-8-13(11)12;1-6-4-3-5-7(6)2;/h1-9H;4H,5H2,1-2H3;. The fraction of sp³-hybridized carbons (Fsp3) is 0.200. The molecule has 2 aromatic rings. The van der Waals surface area contributed by atoms with Gasteiger partial charge < -0.3 is 0 Å². The van der Waals surface area contributed by atoms with Crippen LogP contribution in [0.25, 0.3) is 11.1 Å². The molecule has 0 saturated carbocycles. The predicted octanol–water partition coefficient (Wildman–Crippen LogP) is 5.46. The summed E-state index contributed by atoms with van der Waals surface area (Å²) >= 11 is -0.623. The normalized spacial score (nSPS) is 16.8. The maximum absolute atomic E-state index is 2.48. The van der Waals surface area contributed by atoms with E-state index in [2.05, 4.69) is 68.5 Å². The van der Waals surface area contributed by atoms with Gasteiger partial charge in [-0.15, -0.1) is 0 Å². The molecule has 21 heavy (non-hydrogen) atoms. The minimum absolute atomic E-state index is 0.623. The summed E-state index contributed by atoms with van der Waals surface area (Å²) in [5, 5.41) is 0. The van der Waals surface area contributed by atoms with Gasteiger partial charge in [0.2, 0.25) is 0 Å². The third kappa shape index (κ3) is 2.23. The molecule has 0 atom stereocenters. The Morgan fingerprint density at radius 3 is 1.95 bits per heavy atom. The van der Waals surface area contributed by atoms with Gasteiger partial charge in [-0.25, -0.2) is 0 Å². The van der Waals surface area contributed by atoms with E-state index in [0.29, 0.717) is 3.63 Å². The Labute approximate surface area is 138 Å². The molecule has 0 aromatic heterocycles. The molecule has 2 aliphatic carbocycles. The molecule has 0 N–H and O–H groups in total. The quantitative estimate of drug-likeness (QED) is 0.675. The third-order valence-corrected chi connectivity index (χ3v) is 8.62. The molecule has 0 nitrogen and oxygen atoms in total. The fourth-order valence-corrected chi connectivity index (χ4v) is 8.00. The number of fused-ring (bicyclic) bond motifs is 3.